The van der Waals surface area contributed by atoms with E-state index in [0.717, 1.165) is 39.0 Å². The number of nitrogens with one attached hydrogen (secondary N) is 2. The van der Waals surface area contributed by atoms with Crippen LogP contribution in [0.25, 0.3) is 15.5 Å². The third-order valence-electron chi connectivity index (χ3n) is 4.44. The zero-order valence-corrected chi connectivity index (χ0v) is 18.6. The number of para-hydroxylation sites is 1. The molecule has 2 aromatic heterocycles. The number of anilines is 1. The smallest absolute Gasteiger partial charge is 0.264 e. The van der Waals surface area contributed by atoms with Gasteiger partial charge in [-0.15, -0.1) is 10.2 Å². The molecule has 0 aliphatic carbocycles. The van der Waals surface area contributed by atoms with Gasteiger partial charge < -0.3 is 10.1 Å². The SMILES string of the molecule is CCc1nnc2sc(-c3cccc(NC(=S)NC(=O)COc4ccccc4C)c3)nn12. The van der Waals surface area contributed by atoms with Gasteiger partial charge in [0.05, 0.1) is 0 Å². The molecular formula is C21H20N6O2S2. The Morgan fingerprint density at radius 1 is 1.19 bits per heavy atom. The zero-order valence-electron chi connectivity index (χ0n) is 17.0. The van der Waals surface area contributed by atoms with Crippen LogP contribution < -0.4 is 15.4 Å². The summed E-state index contributed by atoms with van der Waals surface area (Å²) < 4.78 is 7.31. The minimum absolute atomic E-state index is 0.126. The lowest BCUT2D eigenvalue weighted by Crippen LogP contribution is -2.37. The summed E-state index contributed by atoms with van der Waals surface area (Å²) in [6.07, 6.45) is 0.757. The van der Waals surface area contributed by atoms with Crippen LogP contribution in [-0.2, 0) is 11.2 Å². The molecule has 0 saturated carbocycles. The Hall–Kier alpha value is -3.37. The first-order valence-electron chi connectivity index (χ1n) is 9.64. The van der Waals surface area contributed by atoms with Crippen molar-refractivity contribution in [1.29, 1.82) is 0 Å². The van der Waals surface area contributed by atoms with Crippen molar-refractivity contribution in [1.82, 2.24) is 25.1 Å². The van der Waals surface area contributed by atoms with E-state index in [1.54, 1.807) is 4.52 Å². The number of aryl methyl sites for hydroxylation is 2. The molecule has 31 heavy (non-hydrogen) atoms. The minimum Gasteiger partial charge on any atom is -0.483 e. The number of nitrogens with zero attached hydrogens (tertiary/aromatic N) is 4. The molecule has 0 atom stereocenters. The Morgan fingerprint density at radius 2 is 2.03 bits per heavy atom. The Labute approximate surface area is 188 Å². The number of hydrogen-bond acceptors (Lipinski definition) is 7. The maximum Gasteiger partial charge on any atom is 0.264 e. The van der Waals surface area contributed by atoms with Gasteiger partial charge in [0.2, 0.25) is 4.96 Å². The molecule has 1 amide bonds. The number of carbonyl (C=O) groups is 1. The molecule has 0 fully saturated rings. The molecule has 8 nitrogen and oxygen atoms in total. The van der Waals surface area contributed by atoms with Crippen LogP contribution in [0.2, 0.25) is 0 Å². The summed E-state index contributed by atoms with van der Waals surface area (Å²) in [4.78, 5) is 12.9. The monoisotopic (exact) mass is 452 g/mol. The summed E-state index contributed by atoms with van der Waals surface area (Å²) in [6, 6.07) is 15.2. The van der Waals surface area contributed by atoms with Crippen LogP contribution in [0.4, 0.5) is 5.69 Å². The highest BCUT2D eigenvalue weighted by molar-refractivity contribution is 7.80. The summed E-state index contributed by atoms with van der Waals surface area (Å²) in [6.45, 7) is 3.81. The van der Waals surface area contributed by atoms with Crippen LogP contribution in [0.15, 0.2) is 48.5 Å². The molecular weight excluding hydrogens is 432 g/mol. The van der Waals surface area contributed by atoms with Crippen LogP contribution >= 0.6 is 23.6 Å². The lowest BCUT2D eigenvalue weighted by atomic mass is 10.2. The Bertz CT molecular complexity index is 1250. The highest BCUT2D eigenvalue weighted by atomic mass is 32.1. The van der Waals surface area contributed by atoms with Crippen LogP contribution in [0.1, 0.15) is 18.3 Å². The van der Waals surface area contributed by atoms with Crippen LogP contribution in [-0.4, -0.2) is 37.4 Å². The van der Waals surface area contributed by atoms with Crippen molar-refractivity contribution < 1.29 is 9.53 Å². The van der Waals surface area contributed by atoms with E-state index in [1.807, 2.05) is 62.4 Å². The molecule has 4 aromatic rings. The molecule has 2 heterocycles. The first-order valence-corrected chi connectivity index (χ1v) is 10.9. The van der Waals surface area contributed by atoms with Crippen molar-refractivity contribution in [3.05, 3.63) is 59.9 Å². The number of ether oxygens (including phenoxy) is 1. The second-order valence-electron chi connectivity index (χ2n) is 6.71. The van der Waals surface area contributed by atoms with E-state index < -0.39 is 0 Å². The summed E-state index contributed by atoms with van der Waals surface area (Å²) in [5.74, 6) is 1.15. The van der Waals surface area contributed by atoms with Gasteiger partial charge in [-0.2, -0.15) is 9.61 Å². The molecule has 0 spiro atoms. The maximum absolute atomic E-state index is 12.2. The lowest BCUT2D eigenvalue weighted by molar-refractivity contribution is -0.121. The molecule has 0 bridgehead atoms. The third-order valence-corrected chi connectivity index (χ3v) is 5.60. The molecule has 2 N–H and O–H groups in total. The zero-order chi connectivity index (χ0) is 21.8. The Balaban J connectivity index is 1.37. The lowest BCUT2D eigenvalue weighted by Gasteiger charge is -2.11. The number of rotatable bonds is 6. The predicted octanol–water partition coefficient (Wildman–Crippen LogP) is 3.62. The standard InChI is InChI=1S/C21H20N6O2S2/c1-3-17-24-25-21-27(17)26-19(31-21)14-8-6-9-15(11-14)22-20(30)23-18(28)12-29-16-10-5-4-7-13(16)2/h4-11H,3,12H2,1-2H3,(H2,22,23,28,30). The molecule has 0 unspecified atom stereocenters. The van der Waals surface area contributed by atoms with Crippen molar-refractivity contribution in [2.45, 2.75) is 20.3 Å². The summed E-state index contributed by atoms with van der Waals surface area (Å²) >= 11 is 6.73. The predicted molar refractivity (Wildman–Crippen MR) is 125 cm³/mol. The van der Waals surface area contributed by atoms with Crippen LogP contribution in [0.3, 0.4) is 0 Å². The average molecular weight is 453 g/mol. The molecule has 0 radical (unpaired) electrons. The second kappa shape index (κ2) is 9.19. The normalized spacial score (nSPS) is 10.8. The third kappa shape index (κ3) is 4.86. The van der Waals surface area contributed by atoms with Gasteiger partial charge in [0.1, 0.15) is 10.8 Å². The summed E-state index contributed by atoms with van der Waals surface area (Å²) in [5.41, 5.74) is 2.62. The molecule has 0 aliphatic heterocycles. The molecule has 158 valence electrons. The number of carbonyl (C=O) groups excluding carboxylic acids is 1. The van der Waals surface area contributed by atoms with Crippen molar-refractivity contribution in [3.63, 3.8) is 0 Å². The van der Waals surface area contributed by atoms with E-state index in [-0.39, 0.29) is 17.6 Å². The molecule has 2 aromatic carbocycles. The molecule has 4 rings (SSSR count). The van der Waals surface area contributed by atoms with Gasteiger partial charge in [0, 0.05) is 17.7 Å². The molecule has 0 saturated heterocycles. The molecule has 10 heteroatoms. The van der Waals surface area contributed by atoms with Gasteiger partial charge in [-0.25, -0.2) is 0 Å². The largest absolute Gasteiger partial charge is 0.483 e. The van der Waals surface area contributed by atoms with E-state index in [1.165, 1.54) is 11.3 Å². The van der Waals surface area contributed by atoms with E-state index in [0.29, 0.717) is 5.75 Å². The van der Waals surface area contributed by atoms with Crippen molar-refractivity contribution in [2.75, 3.05) is 11.9 Å². The number of thiocarbonyl (C=S) groups is 1. The number of amides is 1. The van der Waals surface area contributed by atoms with E-state index >= 15 is 0 Å². The first-order chi connectivity index (χ1) is 15.0. The fourth-order valence-corrected chi connectivity index (χ4v) is 4.00. The quantitative estimate of drug-likeness (QED) is 0.432. The van der Waals surface area contributed by atoms with Crippen molar-refractivity contribution in [3.8, 4) is 16.3 Å². The van der Waals surface area contributed by atoms with Gasteiger partial charge >= 0.3 is 0 Å². The molecule has 0 aliphatic rings. The number of aromatic nitrogens is 4. The Kier molecular flexibility index (Phi) is 6.19. The summed E-state index contributed by atoms with van der Waals surface area (Å²) in [5, 5.41) is 19.6. The highest BCUT2D eigenvalue weighted by Gasteiger charge is 2.13. The first kappa shape index (κ1) is 20.9. The number of benzene rings is 2. The Morgan fingerprint density at radius 3 is 2.84 bits per heavy atom. The fraction of sp³-hybridized carbons (Fsp3) is 0.190. The average Bonchev–Trinajstić information content (AvgIpc) is 3.34. The fourth-order valence-electron chi connectivity index (χ4n) is 2.91. The van der Waals surface area contributed by atoms with Crippen molar-refractivity contribution >= 4 is 45.2 Å². The van der Waals surface area contributed by atoms with Gasteiger partial charge in [0.25, 0.3) is 5.91 Å². The van der Waals surface area contributed by atoms with Crippen molar-refractivity contribution in [2.24, 2.45) is 0 Å². The topological polar surface area (TPSA) is 93.4 Å². The summed E-state index contributed by atoms with van der Waals surface area (Å²) in [7, 11) is 0. The van der Waals surface area contributed by atoms with Gasteiger partial charge in [-0.1, -0.05) is 48.6 Å². The minimum atomic E-state index is -0.336. The second-order valence-corrected chi connectivity index (χ2v) is 8.07. The van der Waals surface area contributed by atoms with Crippen LogP contribution in [0, 0.1) is 6.92 Å². The van der Waals surface area contributed by atoms with E-state index in [9.17, 15) is 4.79 Å². The number of hydrogen-bond donors (Lipinski definition) is 2. The van der Waals surface area contributed by atoms with Gasteiger partial charge in [-0.05, 0) is 42.9 Å². The van der Waals surface area contributed by atoms with E-state index in [4.69, 9.17) is 17.0 Å². The maximum atomic E-state index is 12.2. The van der Waals surface area contributed by atoms with Gasteiger partial charge in [-0.3, -0.25) is 10.1 Å². The number of fused-ring (bicyclic) bond motifs is 1. The van der Waals surface area contributed by atoms with E-state index in [2.05, 4.69) is 25.9 Å². The van der Waals surface area contributed by atoms with Gasteiger partial charge in [0.15, 0.2) is 17.5 Å². The highest BCUT2D eigenvalue weighted by Crippen LogP contribution is 2.27. The van der Waals surface area contributed by atoms with Crippen LogP contribution in [0.5, 0.6) is 5.75 Å².